The zero-order valence-corrected chi connectivity index (χ0v) is 14.8. The summed E-state index contributed by atoms with van der Waals surface area (Å²) in [6.07, 6.45) is 1.46. The Balaban J connectivity index is 1.82. The van der Waals surface area contributed by atoms with Gasteiger partial charge in [0.05, 0.1) is 11.7 Å². The average Bonchev–Trinajstić information content (AvgIpc) is 2.93. The molecule has 1 aromatic heterocycles. The van der Waals surface area contributed by atoms with Gasteiger partial charge in [-0.25, -0.2) is 0 Å². The Bertz CT molecular complexity index is 651. The first kappa shape index (κ1) is 16.4. The maximum absolute atomic E-state index is 10.4. The van der Waals surface area contributed by atoms with Crippen LogP contribution in [-0.2, 0) is 0 Å². The molecule has 1 aromatic carbocycles. The van der Waals surface area contributed by atoms with Crippen LogP contribution in [0.3, 0.4) is 0 Å². The van der Waals surface area contributed by atoms with Crippen LogP contribution in [0.5, 0.6) is 5.88 Å². The summed E-state index contributed by atoms with van der Waals surface area (Å²) >= 11 is 1.17. The van der Waals surface area contributed by atoms with Crippen molar-refractivity contribution in [2.24, 2.45) is 0 Å². The summed E-state index contributed by atoms with van der Waals surface area (Å²) in [5.74, 6) is 0.587. The van der Waals surface area contributed by atoms with E-state index in [1.165, 1.54) is 16.8 Å². The van der Waals surface area contributed by atoms with E-state index in [1.807, 2.05) is 58.0 Å². The van der Waals surface area contributed by atoms with Crippen molar-refractivity contribution in [1.29, 1.82) is 0 Å². The van der Waals surface area contributed by atoms with Gasteiger partial charge in [0.15, 0.2) is 0 Å². The number of hydrogen-bond donors (Lipinski definition) is 1. The third-order valence-electron chi connectivity index (χ3n) is 4.39. The van der Waals surface area contributed by atoms with E-state index in [2.05, 4.69) is 8.75 Å². The molecule has 0 amide bonds. The summed E-state index contributed by atoms with van der Waals surface area (Å²) in [6, 6.07) is 9.96. The molecule has 0 radical (unpaired) electrons. The largest absolute Gasteiger partial charge is 0.472 e. The molecule has 3 rings (SSSR count). The third-order valence-corrected chi connectivity index (χ3v) is 4.90. The molecule has 2 aromatic rings. The maximum Gasteiger partial charge on any atom is 0.254 e. The minimum Gasteiger partial charge on any atom is -0.472 e. The quantitative estimate of drug-likeness (QED) is 0.920. The van der Waals surface area contributed by atoms with Crippen LogP contribution >= 0.6 is 11.7 Å². The predicted octanol–water partition coefficient (Wildman–Crippen LogP) is 3.99. The summed E-state index contributed by atoms with van der Waals surface area (Å²) < 4.78 is 14.9. The molecule has 0 saturated carbocycles. The number of nitrogens with zero attached hydrogens (tertiary/aromatic N) is 3. The topological polar surface area (TPSA) is 58.5 Å². The van der Waals surface area contributed by atoms with E-state index in [1.54, 1.807) is 0 Å². The summed E-state index contributed by atoms with van der Waals surface area (Å²) in [5.41, 5.74) is 1.11. The molecular weight excluding hydrogens is 310 g/mol. The second kappa shape index (κ2) is 5.85. The molecule has 0 bridgehead atoms. The molecule has 1 N–H and O–H groups in total. The van der Waals surface area contributed by atoms with E-state index in [0.717, 1.165) is 24.1 Å². The highest BCUT2D eigenvalue weighted by Crippen LogP contribution is 2.39. The molecule has 124 valence electrons. The van der Waals surface area contributed by atoms with Crippen molar-refractivity contribution in [3.05, 3.63) is 30.3 Å². The van der Waals surface area contributed by atoms with E-state index < -0.39 is 0 Å². The lowest BCUT2D eigenvalue weighted by atomic mass is 9.80. The fraction of sp³-hybridized carbons (Fsp3) is 0.529. The van der Waals surface area contributed by atoms with E-state index in [9.17, 15) is 5.21 Å². The third kappa shape index (κ3) is 3.24. The molecule has 1 aliphatic heterocycles. The molecule has 5 nitrogen and oxygen atoms in total. The maximum atomic E-state index is 10.4. The molecule has 1 saturated heterocycles. The Labute approximate surface area is 141 Å². The monoisotopic (exact) mass is 333 g/mol. The fourth-order valence-corrected chi connectivity index (χ4v) is 3.96. The molecule has 6 heteroatoms. The van der Waals surface area contributed by atoms with E-state index in [0.29, 0.717) is 5.88 Å². The molecule has 23 heavy (non-hydrogen) atoms. The Kier molecular flexibility index (Phi) is 4.16. The molecule has 0 unspecified atom stereocenters. The van der Waals surface area contributed by atoms with Gasteiger partial charge in [-0.05, 0) is 27.7 Å². The van der Waals surface area contributed by atoms with Crippen LogP contribution in [-0.4, -0.2) is 36.2 Å². The molecule has 2 heterocycles. The smallest absolute Gasteiger partial charge is 0.254 e. The minimum absolute atomic E-state index is 0.00485. The second-order valence-electron chi connectivity index (χ2n) is 7.37. The van der Waals surface area contributed by atoms with Gasteiger partial charge in [0, 0.05) is 29.5 Å². The zero-order valence-electron chi connectivity index (χ0n) is 14.0. The Morgan fingerprint density at radius 3 is 2.30 bits per heavy atom. The van der Waals surface area contributed by atoms with Crippen molar-refractivity contribution in [1.82, 2.24) is 13.8 Å². The van der Waals surface area contributed by atoms with Gasteiger partial charge in [-0.3, -0.25) is 0 Å². The van der Waals surface area contributed by atoms with Crippen molar-refractivity contribution in [3.8, 4) is 17.1 Å². The van der Waals surface area contributed by atoms with Crippen molar-refractivity contribution in [2.75, 3.05) is 0 Å². The van der Waals surface area contributed by atoms with E-state index in [4.69, 9.17) is 4.74 Å². The van der Waals surface area contributed by atoms with Crippen LogP contribution in [0.15, 0.2) is 30.3 Å². The minimum atomic E-state index is -0.344. The van der Waals surface area contributed by atoms with Crippen LogP contribution in [0.25, 0.3) is 11.3 Å². The van der Waals surface area contributed by atoms with Crippen LogP contribution in [0.4, 0.5) is 0 Å². The molecule has 0 spiro atoms. The molecular formula is C17H23N3O2S. The number of piperidine rings is 1. The standard InChI is InChI=1S/C17H23N3O2S/c1-16(2)10-13(11-17(3,4)20(16)21)22-15-14(18-23-19-15)12-8-6-5-7-9-12/h5-9,13,21H,10-11H2,1-4H3. The second-order valence-corrected chi connectivity index (χ2v) is 7.90. The number of aromatic nitrogens is 2. The summed E-state index contributed by atoms with van der Waals surface area (Å²) in [6.45, 7) is 8.12. The highest BCUT2D eigenvalue weighted by Gasteiger charge is 2.46. The van der Waals surface area contributed by atoms with Crippen molar-refractivity contribution in [2.45, 2.75) is 57.7 Å². The average molecular weight is 333 g/mol. The summed E-state index contributed by atoms with van der Waals surface area (Å²) in [5, 5.41) is 11.8. The van der Waals surface area contributed by atoms with E-state index >= 15 is 0 Å². The number of benzene rings is 1. The van der Waals surface area contributed by atoms with Gasteiger partial charge >= 0.3 is 0 Å². The van der Waals surface area contributed by atoms with Crippen LogP contribution in [0.2, 0.25) is 0 Å². The number of rotatable bonds is 3. The van der Waals surface area contributed by atoms with Crippen molar-refractivity contribution in [3.63, 3.8) is 0 Å². The molecule has 1 aliphatic rings. The lowest BCUT2D eigenvalue weighted by Gasteiger charge is -2.50. The number of hydroxylamine groups is 2. The lowest BCUT2D eigenvalue weighted by molar-refractivity contribution is -0.255. The number of ether oxygens (including phenoxy) is 1. The normalized spacial score (nSPS) is 21.3. The molecule has 0 atom stereocenters. The first-order valence-corrected chi connectivity index (χ1v) is 8.56. The molecule has 1 fully saturated rings. The first-order chi connectivity index (χ1) is 10.8. The van der Waals surface area contributed by atoms with Gasteiger partial charge in [0.2, 0.25) is 0 Å². The Hall–Kier alpha value is -1.50. The highest BCUT2D eigenvalue weighted by molar-refractivity contribution is 6.99. The highest BCUT2D eigenvalue weighted by atomic mass is 32.1. The summed E-state index contributed by atoms with van der Waals surface area (Å²) in [7, 11) is 0. The van der Waals surface area contributed by atoms with Crippen LogP contribution in [0, 0.1) is 0 Å². The lowest BCUT2D eigenvalue weighted by Crippen LogP contribution is -2.61. The van der Waals surface area contributed by atoms with Gasteiger partial charge in [-0.2, -0.15) is 9.44 Å². The zero-order chi connectivity index (χ0) is 16.7. The van der Waals surface area contributed by atoms with Crippen molar-refractivity contribution >= 4 is 11.7 Å². The van der Waals surface area contributed by atoms with Crippen LogP contribution < -0.4 is 4.74 Å². The first-order valence-electron chi connectivity index (χ1n) is 7.83. The Morgan fingerprint density at radius 2 is 1.70 bits per heavy atom. The van der Waals surface area contributed by atoms with Gasteiger partial charge in [0.1, 0.15) is 11.8 Å². The predicted molar refractivity (Wildman–Crippen MR) is 90.8 cm³/mol. The van der Waals surface area contributed by atoms with Gasteiger partial charge in [0.25, 0.3) is 5.88 Å². The van der Waals surface area contributed by atoms with Crippen molar-refractivity contribution < 1.29 is 9.94 Å². The number of hydrogen-bond acceptors (Lipinski definition) is 6. The van der Waals surface area contributed by atoms with E-state index in [-0.39, 0.29) is 17.2 Å². The van der Waals surface area contributed by atoms with Crippen LogP contribution in [0.1, 0.15) is 40.5 Å². The Morgan fingerprint density at radius 1 is 1.09 bits per heavy atom. The van der Waals surface area contributed by atoms with Gasteiger partial charge in [-0.1, -0.05) is 30.3 Å². The summed E-state index contributed by atoms with van der Waals surface area (Å²) in [4.78, 5) is 0. The SMILES string of the molecule is CC1(C)CC(Oc2nsnc2-c2ccccc2)CC(C)(C)N1O. The van der Waals surface area contributed by atoms with Gasteiger partial charge < -0.3 is 9.94 Å². The van der Waals surface area contributed by atoms with Gasteiger partial charge in [-0.15, -0.1) is 4.37 Å². The molecule has 0 aliphatic carbocycles. The fourth-order valence-electron chi connectivity index (χ4n) is 3.45.